The largest absolute Gasteiger partial charge is 0.350 e. The second-order valence-corrected chi connectivity index (χ2v) is 5.67. The molecule has 2 rings (SSSR count). The summed E-state index contributed by atoms with van der Waals surface area (Å²) in [7, 11) is 0. The molecule has 1 amide bonds. The molecule has 1 aliphatic carbocycles. The van der Waals surface area contributed by atoms with Crippen molar-refractivity contribution in [1.29, 1.82) is 0 Å². The lowest BCUT2D eigenvalue weighted by Crippen LogP contribution is -2.55. The van der Waals surface area contributed by atoms with Crippen molar-refractivity contribution in [3.63, 3.8) is 0 Å². The van der Waals surface area contributed by atoms with E-state index in [-0.39, 0.29) is 11.4 Å². The minimum absolute atomic E-state index is 0.0412. The van der Waals surface area contributed by atoms with E-state index in [2.05, 4.69) is 21.2 Å². The van der Waals surface area contributed by atoms with Crippen LogP contribution in [0.2, 0.25) is 0 Å². The summed E-state index contributed by atoms with van der Waals surface area (Å²) in [4.78, 5) is 12.0. The van der Waals surface area contributed by atoms with Crippen LogP contribution in [0.1, 0.15) is 35.2 Å². The van der Waals surface area contributed by atoms with Gasteiger partial charge in [-0.15, -0.1) is 0 Å². The third-order valence-corrected chi connectivity index (χ3v) is 4.32. The highest BCUT2D eigenvalue weighted by Gasteiger charge is 2.32. The number of amides is 1. The summed E-state index contributed by atoms with van der Waals surface area (Å²) < 4.78 is 0.955. The van der Waals surface area contributed by atoms with Gasteiger partial charge in [0.25, 0.3) is 5.91 Å². The number of carbonyl (C=O) groups is 1. The highest BCUT2D eigenvalue weighted by molar-refractivity contribution is 9.10. The molecular formula is C13H17BrN2O. The van der Waals surface area contributed by atoms with Gasteiger partial charge in [0.05, 0.1) is 0 Å². The van der Waals surface area contributed by atoms with E-state index in [9.17, 15) is 4.79 Å². The van der Waals surface area contributed by atoms with Crippen LogP contribution in [-0.2, 0) is 0 Å². The smallest absolute Gasteiger partial charge is 0.251 e. The monoisotopic (exact) mass is 296 g/mol. The van der Waals surface area contributed by atoms with Crippen molar-refractivity contribution in [2.24, 2.45) is 5.73 Å². The standard InChI is InChI=1S/C13H17BrN2O/c1-9-10(4-2-5-11(9)14)12(17)16-8-13(15)6-3-7-13/h2,4-5H,3,6-8,15H2,1H3,(H,16,17). The molecule has 1 aromatic carbocycles. The van der Waals surface area contributed by atoms with E-state index in [4.69, 9.17) is 5.73 Å². The predicted molar refractivity (Wildman–Crippen MR) is 72.0 cm³/mol. The van der Waals surface area contributed by atoms with Crippen molar-refractivity contribution in [2.75, 3.05) is 6.54 Å². The molecule has 0 radical (unpaired) electrons. The van der Waals surface area contributed by atoms with Gasteiger partial charge < -0.3 is 11.1 Å². The molecule has 0 aromatic heterocycles. The first-order chi connectivity index (χ1) is 8.02. The Hall–Kier alpha value is -0.870. The number of hydrogen-bond acceptors (Lipinski definition) is 2. The molecule has 0 aliphatic heterocycles. The van der Waals surface area contributed by atoms with Crippen LogP contribution >= 0.6 is 15.9 Å². The zero-order chi connectivity index (χ0) is 12.5. The third-order valence-electron chi connectivity index (χ3n) is 3.46. The second kappa shape index (κ2) is 4.78. The van der Waals surface area contributed by atoms with Crippen LogP contribution in [0.25, 0.3) is 0 Å². The highest BCUT2D eigenvalue weighted by atomic mass is 79.9. The molecular weight excluding hydrogens is 280 g/mol. The summed E-state index contributed by atoms with van der Waals surface area (Å²) >= 11 is 3.43. The predicted octanol–water partition coefficient (Wildman–Crippen LogP) is 2.37. The maximum absolute atomic E-state index is 12.0. The summed E-state index contributed by atoms with van der Waals surface area (Å²) in [5.74, 6) is -0.0412. The van der Waals surface area contributed by atoms with Crippen molar-refractivity contribution >= 4 is 21.8 Å². The minimum Gasteiger partial charge on any atom is -0.350 e. The lowest BCUT2D eigenvalue weighted by atomic mass is 9.78. The SMILES string of the molecule is Cc1c(Br)cccc1C(=O)NCC1(N)CCC1. The molecule has 0 heterocycles. The molecule has 1 fully saturated rings. The van der Waals surface area contributed by atoms with E-state index >= 15 is 0 Å². The zero-order valence-electron chi connectivity index (χ0n) is 9.92. The Labute approximate surface area is 110 Å². The molecule has 0 saturated heterocycles. The van der Waals surface area contributed by atoms with Gasteiger partial charge in [-0.1, -0.05) is 22.0 Å². The van der Waals surface area contributed by atoms with Crippen LogP contribution in [-0.4, -0.2) is 18.0 Å². The summed E-state index contributed by atoms with van der Waals surface area (Å²) in [5.41, 5.74) is 7.58. The van der Waals surface area contributed by atoms with Crippen molar-refractivity contribution in [3.05, 3.63) is 33.8 Å². The zero-order valence-corrected chi connectivity index (χ0v) is 11.5. The summed E-state index contributed by atoms with van der Waals surface area (Å²) in [6.45, 7) is 2.50. The topological polar surface area (TPSA) is 55.1 Å². The van der Waals surface area contributed by atoms with Gasteiger partial charge in [0.1, 0.15) is 0 Å². The molecule has 92 valence electrons. The molecule has 1 saturated carbocycles. The molecule has 3 N–H and O–H groups in total. The number of hydrogen-bond donors (Lipinski definition) is 2. The van der Waals surface area contributed by atoms with Gasteiger partial charge >= 0.3 is 0 Å². The summed E-state index contributed by atoms with van der Waals surface area (Å²) in [6, 6.07) is 5.63. The van der Waals surface area contributed by atoms with E-state index in [0.29, 0.717) is 12.1 Å². The minimum atomic E-state index is -0.171. The fraction of sp³-hybridized carbons (Fsp3) is 0.462. The highest BCUT2D eigenvalue weighted by Crippen LogP contribution is 2.28. The van der Waals surface area contributed by atoms with Gasteiger partial charge in [-0.3, -0.25) is 4.79 Å². The van der Waals surface area contributed by atoms with Crippen LogP contribution in [0.3, 0.4) is 0 Å². The Bertz CT molecular complexity index is 441. The Kier molecular flexibility index (Phi) is 3.54. The van der Waals surface area contributed by atoms with Gasteiger partial charge in [0.2, 0.25) is 0 Å². The average Bonchev–Trinajstić information content (AvgIpc) is 2.27. The first-order valence-electron chi connectivity index (χ1n) is 5.84. The Balaban J connectivity index is 2.02. The maximum atomic E-state index is 12.0. The maximum Gasteiger partial charge on any atom is 0.251 e. The van der Waals surface area contributed by atoms with Crippen LogP contribution in [0.4, 0.5) is 0 Å². The number of benzene rings is 1. The summed E-state index contributed by atoms with van der Waals surface area (Å²) in [6.07, 6.45) is 3.18. The average molecular weight is 297 g/mol. The molecule has 0 spiro atoms. The fourth-order valence-electron chi connectivity index (χ4n) is 2.01. The van der Waals surface area contributed by atoms with Crippen molar-refractivity contribution in [2.45, 2.75) is 31.7 Å². The van der Waals surface area contributed by atoms with Gasteiger partial charge in [-0.05, 0) is 43.9 Å². The lowest BCUT2D eigenvalue weighted by molar-refractivity contribution is 0.0929. The molecule has 1 aromatic rings. The van der Waals surface area contributed by atoms with Crippen LogP contribution in [0.5, 0.6) is 0 Å². The van der Waals surface area contributed by atoms with Crippen molar-refractivity contribution in [1.82, 2.24) is 5.32 Å². The van der Waals surface area contributed by atoms with E-state index in [1.54, 1.807) is 0 Å². The number of rotatable bonds is 3. The van der Waals surface area contributed by atoms with Gasteiger partial charge in [0, 0.05) is 22.1 Å². The van der Waals surface area contributed by atoms with Crippen LogP contribution < -0.4 is 11.1 Å². The first-order valence-corrected chi connectivity index (χ1v) is 6.63. The number of halogens is 1. The van der Waals surface area contributed by atoms with Gasteiger partial charge in [-0.2, -0.15) is 0 Å². The first kappa shape index (κ1) is 12.6. The number of nitrogens with one attached hydrogen (secondary N) is 1. The Morgan fingerprint density at radius 1 is 1.53 bits per heavy atom. The van der Waals surface area contributed by atoms with Gasteiger partial charge in [0.15, 0.2) is 0 Å². The van der Waals surface area contributed by atoms with E-state index in [1.165, 1.54) is 6.42 Å². The Morgan fingerprint density at radius 3 is 2.82 bits per heavy atom. The molecule has 0 unspecified atom stereocenters. The number of nitrogens with two attached hydrogens (primary N) is 1. The van der Waals surface area contributed by atoms with E-state index < -0.39 is 0 Å². The van der Waals surface area contributed by atoms with Gasteiger partial charge in [-0.25, -0.2) is 0 Å². The molecule has 3 nitrogen and oxygen atoms in total. The lowest BCUT2D eigenvalue weighted by Gasteiger charge is -2.38. The second-order valence-electron chi connectivity index (χ2n) is 4.81. The van der Waals surface area contributed by atoms with E-state index in [1.807, 2.05) is 25.1 Å². The quantitative estimate of drug-likeness (QED) is 0.900. The third kappa shape index (κ3) is 2.69. The number of carbonyl (C=O) groups excluding carboxylic acids is 1. The molecule has 0 bridgehead atoms. The van der Waals surface area contributed by atoms with E-state index in [0.717, 1.165) is 22.9 Å². The molecule has 17 heavy (non-hydrogen) atoms. The molecule has 1 aliphatic rings. The normalized spacial score (nSPS) is 17.4. The van der Waals surface area contributed by atoms with Crippen LogP contribution in [0.15, 0.2) is 22.7 Å². The Morgan fingerprint density at radius 2 is 2.24 bits per heavy atom. The summed E-state index contributed by atoms with van der Waals surface area (Å²) in [5, 5.41) is 2.92. The molecule has 4 heteroatoms. The van der Waals surface area contributed by atoms with Crippen LogP contribution in [0, 0.1) is 6.92 Å². The fourth-order valence-corrected chi connectivity index (χ4v) is 2.38. The van der Waals surface area contributed by atoms with Crippen molar-refractivity contribution in [3.8, 4) is 0 Å². The molecule has 0 atom stereocenters. The van der Waals surface area contributed by atoms with Crippen molar-refractivity contribution < 1.29 is 4.79 Å².